The van der Waals surface area contributed by atoms with Crippen LogP contribution in [0, 0.1) is 4.91 Å². The van der Waals surface area contributed by atoms with Gasteiger partial charge in [0.2, 0.25) is 5.95 Å². The molecule has 0 unspecified atom stereocenters. The van der Waals surface area contributed by atoms with Gasteiger partial charge in [0.25, 0.3) is 11.5 Å². The summed E-state index contributed by atoms with van der Waals surface area (Å²) in [4.78, 5) is 33.1. The molecule has 8 nitrogen and oxygen atoms in total. The predicted molar refractivity (Wildman–Crippen MR) is 44.4 cm³/mol. The number of hydrogen-bond donors (Lipinski definition) is 3. The minimum atomic E-state index is -0.506. The highest BCUT2D eigenvalue weighted by atomic mass is 16.3. The van der Waals surface area contributed by atoms with Crippen LogP contribution in [0.3, 0.4) is 0 Å². The summed E-state index contributed by atoms with van der Waals surface area (Å²) in [5, 5.41) is 2.53. The maximum absolute atomic E-state index is 11.1. The maximum Gasteiger partial charge on any atom is 0.280 e. The van der Waals surface area contributed by atoms with Crippen LogP contribution in [-0.4, -0.2) is 19.9 Å². The minimum Gasteiger partial charge on any atom is -0.369 e. The molecule has 13 heavy (non-hydrogen) atoms. The van der Waals surface area contributed by atoms with Gasteiger partial charge in [-0.15, -0.1) is 4.91 Å². The lowest BCUT2D eigenvalue weighted by Crippen LogP contribution is -2.10. The van der Waals surface area contributed by atoms with E-state index in [2.05, 4.69) is 25.1 Å². The van der Waals surface area contributed by atoms with Crippen molar-refractivity contribution in [1.29, 1.82) is 0 Å². The molecule has 2 rings (SSSR count). The lowest BCUT2D eigenvalue weighted by molar-refractivity contribution is 1.17. The van der Waals surface area contributed by atoms with E-state index in [1.807, 2.05) is 0 Å². The number of H-pyrrole nitrogens is 2. The number of nitrogen functional groups attached to an aromatic ring is 1. The zero-order valence-electron chi connectivity index (χ0n) is 6.24. The summed E-state index contributed by atoms with van der Waals surface area (Å²) in [5.74, 6) is -0.239. The summed E-state index contributed by atoms with van der Waals surface area (Å²) < 4.78 is 0. The van der Waals surface area contributed by atoms with Gasteiger partial charge in [0.15, 0.2) is 11.2 Å². The van der Waals surface area contributed by atoms with Crippen molar-refractivity contribution in [3.63, 3.8) is 0 Å². The summed E-state index contributed by atoms with van der Waals surface area (Å²) >= 11 is 0. The number of anilines is 1. The molecule has 0 radical (unpaired) electrons. The van der Waals surface area contributed by atoms with Gasteiger partial charge in [-0.1, -0.05) is 0 Å². The molecule has 2 heterocycles. The largest absolute Gasteiger partial charge is 0.369 e. The van der Waals surface area contributed by atoms with E-state index in [0.717, 1.165) is 0 Å². The number of nitrogens with two attached hydrogens (primary N) is 1. The quantitative estimate of drug-likeness (QED) is 0.515. The predicted octanol–water partition coefficient (Wildman–Crippen LogP) is -0.374. The van der Waals surface area contributed by atoms with Gasteiger partial charge in [-0.2, -0.15) is 4.98 Å². The number of fused-ring (bicyclic) bond motifs is 1. The molecule has 0 amide bonds. The van der Waals surface area contributed by atoms with Crippen molar-refractivity contribution < 1.29 is 0 Å². The van der Waals surface area contributed by atoms with E-state index < -0.39 is 5.56 Å². The van der Waals surface area contributed by atoms with Crippen LogP contribution in [0.2, 0.25) is 0 Å². The van der Waals surface area contributed by atoms with Gasteiger partial charge < -0.3 is 10.7 Å². The zero-order valence-corrected chi connectivity index (χ0v) is 6.24. The fraction of sp³-hybridized carbons (Fsp3) is 0. The average molecular weight is 180 g/mol. The number of aromatic amines is 2. The molecule has 2 aromatic heterocycles. The van der Waals surface area contributed by atoms with Crippen molar-refractivity contribution in [3.05, 3.63) is 15.3 Å². The summed E-state index contributed by atoms with van der Waals surface area (Å²) in [6.45, 7) is 0. The fourth-order valence-corrected chi connectivity index (χ4v) is 0.958. The third-order valence-electron chi connectivity index (χ3n) is 1.45. The molecule has 4 N–H and O–H groups in total. The molecule has 0 atom stereocenters. The number of nitroso groups, excluding NO2 is 1. The second-order valence-electron chi connectivity index (χ2n) is 2.30. The highest BCUT2D eigenvalue weighted by molar-refractivity contribution is 5.72. The van der Waals surface area contributed by atoms with Crippen LogP contribution >= 0.6 is 0 Å². The second kappa shape index (κ2) is 2.37. The average Bonchev–Trinajstić information content (AvgIpc) is 2.47. The van der Waals surface area contributed by atoms with Crippen LogP contribution in [-0.2, 0) is 0 Å². The minimum absolute atomic E-state index is 0.0174. The number of aromatic nitrogens is 4. The Balaban J connectivity index is 2.90. The Kier molecular flexibility index (Phi) is 1.35. The molecule has 0 aliphatic carbocycles. The first kappa shape index (κ1) is 7.40. The fourth-order valence-electron chi connectivity index (χ4n) is 0.958. The highest BCUT2D eigenvalue weighted by Crippen LogP contribution is 2.09. The van der Waals surface area contributed by atoms with Crippen molar-refractivity contribution >= 4 is 23.1 Å². The Bertz CT molecular complexity index is 525. The summed E-state index contributed by atoms with van der Waals surface area (Å²) in [6.07, 6.45) is 0. The van der Waals surface area contributed by atoms with Crippen molar-refractivity contribution in [1.82, 2.24) is 19.9 Å². The molecule has 0 saturated heterocycles. The van der Waals surface area contributed by atoms with Gasteiger partial charge in [-0.05, 0) is 0 Å². The molecule has 0 bridgehead atoms. The van der Waals surface area contributed by atoms with E-state index in [9.17, 15) is 9.70 Å². The first-order chi connectivity index (χ1) is 6.20. The van der Waals surface area contributed by atoms with Crippen LogP contribution in [0.15, 0.2) is 9.97 Å². The highest BCUT2D eigenvalue weighted by Gasteiger charge is 2.07. The SMILES string of the molecule is Nc1nc2[nH]c(N=O)nc2c(=O)[nH]1. The number of rotatable bonds is 1. The molecule has 0 aliphatic heterocycles. The van der Waals surface area contributed by atoms with Crippen LogP contribution in [0.5, 0.6) is 0 Å². The molecular weight excluding hydrogens is 176 g/mol. The van der Waals surface area contributed by atoms with E-state index in [1.165, 1.54) is 0 Å². The Morgan fingerprint density at radius 1 is 1.31 bits per heavy atom. The zero-order chi connectivity index (χ0) is 9.42. The second-order valence-corrected chi connectivity index (χ2v) is 2.30. The molecule has 8 heteroatoms. The Hall–Kier alpha value is -2.25. The molecule has 0 aromatic carbocycles. The first-order valence-corrected chi connectivity index (χ1v) is 3.29. The van der Waals surface area contributed by atoms with Gasteiger partial charge >= 0.3 is 0 Å². The van der Waals surface area contributed by atoms with E-state index in [-0.39, 0.29) is 23.1 Å². The standard InChI is InChI=1S/C5H4N6O2/c6-4-8-2-1(3(12)10-4)7-5(9-2)11-13/h(H4,6,7,8,9,10,12). The van der Waals surface area contributed by atoms with E-state index in [1.54, 1.807) is 0 Å². The lowest BCUT2D eigenvalue weighted by Gasteiger charge is -1.89. The number of imidazole rings is 1. The van der Waals surface area contributed by atoms with Gasteiger partial charge in [0.05, 0.1) is 0 Å². The first-order valence-electron chi connectivity index (χ1n) is 3.29. The molecule has 66 valence electrons. The van der Waals surface area contributed by atoms with Gasteiger partial charge in [0.1, 0.15) is 0 Å². The van der Waals surface area contributed by atoms with E-state index >= 15 is 0 Å². The molecular formula is C5H4N6O2. The number of nitrogens with zero attached hydrogens (tertiary/aromatic N) is 3. The maximum atomic E-state index is 11.1. The summed E-state index contributed by atoms with van der Waals surface area (Å²) in [5.41, 5.74) is 4.91. The monoisotopic (exact) mass is 180 g/mol. The van der Waals surface area contributed by atoms with Crippen LogP contribution in [0.4, 0.5) is 11.9 Å². The van der Waals surface area contributed by atoms with Crippen LogP contribution < -0.4 is 11.3 Å². The normalized spacial score (nSPS) is 10.5. The van der Waals surface area contributed by atoms with Gasteiger partial charge in [0, 0.05) is 5.18 Å². The molecule has 0 spiro atoms. The summed E-state index contributed by atoms with van der Waals surface area (Å²) in [7, 11) is 0. The van der Waals surface area contributed by atoms with Crippen molar-refractivity contribution in [2.45, 2.75) is 0 Å². The van der Waals surface area contributed by atoms with E-state index in [0.29, 0.717) is 0 Å². The van der Waals surface area contributed by atoms with Gasteiger partial charge in [-0.25, -0.2) is 4.98 Å². The Morgan fingerprint density at radius 2 is 2.08 bits per heavy atom. The Labute approximate surface area is 70.2 Å². The van der Waals surface area contributed by atoms with Crippen molar-refractivity contribution in [3.8, 4) is 0 Å². The van der Waals surface area contributed by atoms with Crippen molar-refractivity contribution in [2.75, 3.05) is 5.73 Å². The number of nitrogens with one attached hydrogen (secondary N) is 2. The van der Waals surface area contributed by atoms with Crippen LogP contribution in [0.1, 0.15) is 0 Å². The van der Waals surface area contributed by atoms with Gasteiger partial charge in [-0.3, -0.25) is 9.78 Å². The third-order valence-corrected chi connectivity index (χ3v) is 1.45. The van der Waals surface area contributed by atoms with Crippen LogP contribution in [0.25, 0.3) is 11.2 Å². The lowest BCUT2D eigenvalue weighted by atomic mass is 10.5. The molecule has 2 aromatic rings. The summed E-state index contributed by atoms with van der Waals surface area (Å²) in [6, 6.07) is 0. The number of hydrogen-bond acceptors (Lipinski definition) is 6. The molecule has 0 fully saturated rings. The van der Waals surface area contributed by atoms with Crippen molar-refractivity contribution in [2.24, 2.45) is 5.18 Å². The Morgan fingerprint density at radius 3 is 2.77 bits per heavy atom. The van der Waals surface area contributed by atoms with E-state index in [4.69, 9.17) is 5.73 Å². The smallest absolute Gasteiger partial charge is 0.280 e. The molecule has 0 aliphatic rings. The third kappa shape index (κ3) is 1.04. The topological polar surface area (TPSA) is 130 Å². The molecule has 0 saturated carbocycles.